The first-order valence-electron chi connectivity index (χ1n) is 5.60. The molecule has 18 heavy (non-hydrogen) atoms. The predicted octanol–water partition coefficient (Wildman–Crippen LogP) is 3.60. The van der Waals surface area contributed by atoms with Gasteiger partial charge >= 0.3 is 6.36 Å². The molecule has 0 unspecified atom stereocenters. The van der Waals surface area contributed by atoms with Crippen molar-refractivity contribution in [3.63, 3.8) is 0 Å². The number of halogens is 3. The molecule has 0 aromatic heterocycles. The lowest BCUT2D eigenvalue weighted by Crippen LogP contribution is -2.17. The third-order valence-corrected chi connectivity index (χ3v) is 2.37. The summed E-state index contributed by atoms with van der Waals surface area (Å²) in [6.07, 6.45) is -1.85. The van der Waals surface area contributed by atoms with Crippen LogP contribution in [0, 0.1) is 0 Å². The second-order valence-corrected chi connectivity index (χ2v) is 3.85. The SMILES string of the molecule is CNCCC=C(C)c1cccc(OC(F)(F)F)c1. The molecule has 5 heteroatoms. The summed E-state index contributed by atoms with van der Waals surface area (Å²) < 4.78 is 40.1. The molecule has 0 aliphatic carbocycles. The molecule has 0 aliphatic rings. The summed E-state index contributed by atoms with van der Waals surface area (Å²) in [7, 11) is 1.85. The largest absolute Gasteiger partial charge is 0.573 e. The molecule has 1 N–H and O–H groups in total. The summed E-state index contributed by atoms with van der Waals surface area (Å²) in [6.45, 7) is 2.69. The summed E-state index contributed by atoms with van der Waals surface area (Å²) in [5, 5.41) is 3.00. The van der Waals surface area contributed by atoms with Crippen molar-refractivity contribution in [3.05, 3.63) is 35.9 Å². The van der Waals surface area contributed by atoms with E-state index in [-0.39, 0.29) is 5.75 Å². The van der Waals surface area contributed by atoms with Crippen LogP contribution in [-0.2, 0) is 0 Å². The molecule has 0 saturated heterocycles. The van der Waals surface area contributed by atoms with Gasteiger partial charge in [0.2, 0.25) is 0 Å². The number of allylic oxidation sites excluding steroid dienone is 1. The average molecular weight is 259 g/mol. The van der Waals surface area contributed by atoms with Gasteiger partial charge in [-0.15, -0.1) is 13.2 Å². The highest BCUT2D eigenvalue weighted by atomic mass is 19.4. The van der Waals surface area contributed by atoms with Crippen LogP contribution in [0.4, 0.5) is 13.2 Å². The van der Waals surface area contributed by atoms with Gasteiger partial charge in [-0.3, -0.25) is 0 Å². The summed E-state index contributed by atoms with van der Waals surface area (Å²) in [4.78, 5) is 0. The molecule has 0 bridgehead atoms. The zero-order valence-corrected chi connectivity index (χ0v) is 10.3. The fourth-order valence-corrected chi connectivity index (χ4v) is 1.49. The van der Waals surface area contributed by atoms with E-state index in [1.165, 1.54) is 12.1 Å². The Hall–Kier alpha value is -1.49. The van der Waals surface area contributed by atoms with E-state index in [9.17, 15) is 13.2 Å². The minimum Gasteiger partial charge on any atom is -0.406 e. The topological polar surface area (TPSA) is 21.3 Å². The van der Waals surface area contributed by atoms with Gasteiger partial charge in [0, 0.05) is 0 Å². The van der Waals surface area contributed by atoms with Gasteiger partial charge in [-0.1, -0.05) is 18.2 Å². The van der Waals surface area contributed by atoms with Crippen molar-refractivity contribution in [2.75, 3.05) is 13.6 Å². The lowest BCUT2D eigenvalue weighted by atomic mass is 10.1. The summed E-state index contributed by atoms with van der Waals surface area (Å²) in [6, 6.07) is 5.98. The minimum absolute atomic E-state index is 0.193. The summed E-state index contributed by atoms with van der Waals surface area (Å²) in [5.74, 6) is -0.193. The van der Waals surface area contributed by atoms with Crippen molar-refractivity contribution in [2.24, 2.45) is 0 Å². The van der Waals surface area contributed by atoms with Crippen molar-refractivity contribution >= 4 is 5.57 Å². The van der Waals surface area contributed by atoms with Gasteiger partial charge in [0.25, 0.3) is 0 Å². The lowest BCUT2D eigenvalue weighted by molar-refractivity contribution is -0.274. The fraction of sp³-hybridized carbons (Fsp3) is 0.385. The van der Waals surface area contributed by atoms with Gasteiger partial charge in [0.05, 0.1) is 0 Å². The number of hydrogen-bond donors (Lipinski definition) is 1. The number of rotatable bonds is 5. The van der Waals surface area contributed by atoms with E-state index in [0.29, 0.717) is 0 Å². The van der Waals surface area contributed by atoms with Crippen LogP contribution in [-0.4, -0.2) is 20.0 Å². The molecule has 0 atom stereocenters. The Balaban J connectivity index is 2.78. The third-order valence-electron chi connectivity index (χ3n) is 2.37. The van der Waals surface area contributed by atoms with Crippen LogP contribution in [0.5, 0.6) is 5.75 Å². The maximum absolute atomic E-state index is 12.1. The van der Waals surface area contributed by atoms with Crippen molar-refractivity contribution in [1.82, 2.24) is 5.32 Å². The van der Waals surface area contributed by atoms with Crippen LogP contribution in [0.3, 0.4) is 0 Å². The maximum Gasteiger partial charge on any atom is 0.573 e. The Labute approximate surface area is 104 Å². The highest BCUT2D eigenvalue weighted by molar-refractivity contribution is 5.64. The number of ether oxygens (including phenoxy) is 1. The molecule has 1 aromatic carbocycles. The highest BCUT2D eigenvalue weighted by Gasteiger charge is 2.31. The first-order valence-corrected chi connectivity index (χ1v) is 5.60. The van der Waals surface area contributed by atoms with Crippen LogP contribution in [0.25, 0.3) is 5.57 Å². The van der Waals surface area contributed by atoms with E-state index in [2.05, 4.69) is 10.1 Å². The smallest absolute Gasteiger partial charge is 0.406 e. The molecular weight excluding hydrogens is 243 g/mol. The zero-order valence-electron chi connectivity index (χ0n) is 10.3. The number of benzene rings is 1. The van der Waals surface area contributed by atoms with Gasteiger partial charge in [0.15, 0.2) is 0 Å². The Kier molecular flexibility index (Phi) is 5.22. The quantitative estimate of drug-likeness (QED) is 0.816. The van der Waals surface area contributed by atoms with E-state index in [4.69, 9.17) is 0 Å². The number of nitrogens with one attached hydrogen (secondary N) is 1. The second-order valence-electron chi connectivity index (χ2n) is 3.85. The van der Waals surface area contributed by atoms with Crippen molar-refractivity contribution < 1.29 is 17.9 Å². The number of hydrogen-bond acceptors (Lipinski definition) is 2. The standard InChI is InChI=1S/C13H16F3NO/c1-10(5-4-8-17-2)11-6-3-7-12(9-11)18-13(14,15)16/h3,5-7,9,17H,4,8H2,1-2H3. The Morgan fingerprint density at radius 3 is 2.72 bits per heavy atom. The zero-order chi connectivity index (χ0) is 13.6. The van der Waals surface area contributed by atoms with E-state index >= 15 is 0 Å². The molecule has 0 saturated carbocycles. The Morgan fingerprint density at radius 2 is 2.11 bits per heavy atom. The van der Waals surface area contributed by atoms with Crippen molar-refractivity contribution in [1.29, 1.82) is 0 Å². The van der Waals surface area contributed by atoms with Crippen LogP contribution in [0.1, 0.15) is 18.9 Å². The van der Waals surface area contributed by atoms with Crippen LogP contribution >= 0.6 is 0 Å². The van der Waals surface area contributed by atoms with Crippen LogP contribution in [0.15, 0.2) is 30.3 Å². The molecule has 0 radical (unpaired) electrons. The first-order chi connectivity index (χ1) is 8.42. The molecule has 1 aromatic rings. The average Bonchev–Trinajstić information content (AvgIpc) is 2.27. The fourth-order valence-electron chi connectivity index (χ4n) is 1.49. The monoisotopic (exact) mass is 259 g/mol. The van der Waals surface area contributed by atoms with Gasteiger partial charge in [0.1, 0.15) is 5.75 Å². The van der Waals surface area contributed by atoms with E-state index in [1.807, 2.05) is 20.0 Å². The number of alkyl halides is 3. The predicted molar refractivity (Wildman–Crippen MR) is 65.3 cm³/mol. The van der Waals surface area contributed by atoms with Gasteiger partial charge in [-0.25, -0.2) is 0 Å². The molecule has 2 nitrogen and oxygen atoms in total. The first kappa shape index (κ1) is 14.6. The second kappa shape index (κ2) is 6.44. The minimum atomic E-state index is -4.65. The van der Waals surface area contributed by atoms with Crippen LogP contribution in [0.2, 0.25) is 0 Å². The summed E-state index contributed by atoms with van der Waals surface area (Å²) in [5.41, 5.74) is 1.66. The van der Waals surface area contributed by atoms with Gasteiger partial charge < -0.3 is 10.1 Å². The Morgan fingerprint density at radius 1 is 1.39 bits per heavy atom. The maximum atomic E-state index is 12.1. The molecule has 0 aliphatic heterocycles. The molecular formula is C13H16F3NO. The summed E-state index contributed by atoms with van der Waals surface area (Å²) >= 11 is 0. The highest BCUT2D eigenvalue weighted by Crippen LogP contribution is 2.25. The molecule has 0 fully saturated rings. The van der Waals surface area contributed by atoms with E-state index in [1.54, 1.807) is 12.1 Å². The van der Waals surface area contributed by atoms with Crippen molar-refractivity contribution in [3.8, 4) is 5.75 Å². The molecule has 0 heterocycles. The van der Waals surface area contributed by atoms with Gasteiger partial charge in [-0.2, -0.15) is 0 Å². The molecule has 0 spiro atoms. The lowest BCUT2D eigenvalue weighted by Gasteiger charge is -2.10. The Bertz CT molecular complexity index is 413. The van der Waals surface area contributed by atoms with Gasteiger partial charge in [-0.05, 0) is 50.2 Å². The molecule has 0 amide bonds. The third kappa shape index (κ3) is 5.23. The van der Waals surface area contributed by atoms with E-state index in [0.717, 1.165) is 24.1 Å². The van der Waals surface area contributed by atoms with Crippen LogP contribution < -0.4 is 10.1 Å². The molecule has 100 valence electrons. The normalized spacial score (nSPS) is 12.6. The van der Waals surface area contributed by atoms with E-state index < -0.39 is 6.36 Å². The molecule has 1 rings (SSSR count). The van der Waals surface area contributed by atoms with Crippen molar-refractivity contribution in [2.45, 2.75) is 19.7 Å².